The smallest absolute Gasteiger partial charge is 0.325 e. The molecule has 3 rings (SSSR count). The standard InChI is InChI=1S/C17H21N3O4/c1-3-11(2)18-14(21)10-20-15(22)17(19-16(20)23)8-9-24-13-7-5-4-6-12(13)17/h4-7,11H,3,8-10H2,1-2H3,(H,18,21)(H,19,23)/t11-,17-/m0/s1. The predicted octanol–water partition coefficient (Wildman–Crippen LogP) is 1.13. The first-order chi connectivity index (χ1) is 11.5. The number of rotatable bonds is 4. The van der Waals surface area contributed by atoms with Gasteiger partial charge in [0, 0.05) is 18.0 Å². The molecule has 1 spiro atoms. The third-order valence-electron chi connectivity index (χ3n) is 4.58. The van der Waals surface area contributed by atoms with Gasteiger partial charge in [-0.1, -0.05) is 25.1 Å². The molecule has 1 saturated heterocycles. The van der Waals surface area contributed by atoms with E-state index >= 15 is 0 Å². The fourth-order valence-electron chi connectivity index (χ4n) is 3.08. The maximum Gasteiger partial charge on any atom is 0.325 e. The maximum atomic E-state index is 13.0. The van der Waals surface area contributed by atoms with Crippen molar-refractivity contribution in [3.05, 3.63) is 29.8 Å². The number of imide groups is 1. The van der Waals surface area contributed by atoms with E-state index in [4.69, 9.17) is 4.74 Å². The summed E-state index contributed by atoms with van der Waals surface area (Å²) in [6.45, 7) is 3.88. The van der Waals surface area contributed by atoms with Crippen LogP contribution in [0.25, 0.3) is 0 Å². The van der Waals surface area contributed by atoms with Crippen molar-refractivity contribution in [2.75, 3.05) is 13.2 Å². The van der Waals surface area contributed by atoms with Gasteiger partial charge >= 0.3 is 6.03 Å². The molecule has 2 atom stereocenters. The molecular formula is C17H21N3O4. The zero-order chi connectivity index (χ0) is 17.3. The van der Waals surface area contributed by atoms with Crippen LogP contribution >= 0.6 is 0 Å². The molecule has 0 radical (unpaired) electrons. The van der Waals surface area contributed by atoms with Crippen LogP contribution in [-0.2, 0) is 15.1 Å². The third-order valence-corrected chi connectivity index (χ3v) is 4.58. The fraction of sp³-hybridized carbons (Fsp3) is 0.471. The molecule has 2 aliphatic rings. The monoisotopic (exact) mass is 331 g/mol. The average Bonchev–Trinajstić information content (AvgIpc) is 2.80. The number of benzene rings is 1. The number of hydrogen-bond acceptors (Lipinski definition) is 4. The summed E-state index contributed by atoms with van der Waals surface area (Å²) in [4.78, 5) is 38.3. The average molecular weight is 331 g/mol. The van der Waals surface area contributed by atoms with Crippen molar-refractivity contribution in [2.45, 2.75) is 38.3 Å². The van der Waals surface area contributed by atoms with E-state index in [0.717, 1.165) is 11.3 Å². The Morgan fingerprint density at radius 1 is 1.42 bits per heavy atom. The van der Waals surface area contributed by atoms with Crippen molar-refractivity contribution < 1.29 is 19.1 Å². The highest BCUT2D eigenvalue weighted by atomic mass is 16.5. The number of fused-ring (bicyclic) bond motifs is 2. The molecule has 2 aliphatic heterocycles. The van der Waals surface area contributed by atoms with Gasteiger partial charge in [0.05, 0.1) is 6.61 Å². The molecular weight excluding hydrogens is 310 g/mol. The number of amides is 4. The molecule has 7 nitrogen and oxygen atoms in total. The molecule has 1 fully saturated rings. The lowest BCUT2D eigenvalue weighted by molar-refractivity contribution is -0.136. The molecule has 0 saturated carbocycles. The Morgan fingerprint density at radius 3 is 2.92 bits per heavy atom. The molecule has 7 heteroatoms. The minimum absolute atomic E-state index is 0.00367. The Balaban J connectivity index is 1.84. The second-order valence-corrected chi connectivity index (χ2v) is 6.20. The second kappa shape index (κ2) is 6.14. The Bertz CT molecular complexity index is 690. The Morgan fingerprint density at radius 2 is 2.17 bits per heavy atom. The third kappa shape index (κ3) is 2.60. The molecule has 0 unspecified atom stereocenters. The normalized spacial score (nSPS) is 23.5. The van der Waals surface area contributed by atoms with Gasteiger partial charge in [-0.2, -0.15) is 0 Å². The van der Waals surface area contributed by atoms with Crippen LogP contribution < -0.4 is 15.4 Å². The minimum Gasteiger partial charge on any atom is -0.493 e. The van der Waals surface area contributed by atoms with E-state index in [0.29, 0.717) is 24.3 Å². The molecule has 2 N–H and O–H groups in total. The zero-order valence-electron chi connectivity index (χ0n) is 13.8. The highest BCUT2D eigenvalue weighted by molar-refractivity contribution is 6.09. The fourth-order valence-corrected chi connectivity index (χ4v) is 3.08. The van der Waals surface area contributed by atoms with Gasteiger partial charge in [0.25, 0.3) is 5.91 Å². The lowest BCUT2D eigenvalue weighted by atomic mass is 9.84. The van der Waals surface area contributed by atoms with Crippen molar-refractivity contribution in [1.82, 2.24) is 15.5 Å². The number of carbonyl (C=O) groups is 3. The van der Waals surface area contributed by atoms with Gasteiger partial charge in [-0.25, -0.2) is 4.79 Å². The molecule has 0 bridgehead atoms. The molecule has 0 aliphatic carbocycles. The lowest BCUT2D eigenvalue weighted by Gasteiger charge is -2.33. The molecule has 4 amide bonds. The lowest BCUT2D eigenvalue weighted by Crippen LogP contribution is -2.48. The highest BCUT2D eigenvalue weighted by Crippen LogP contribution is 2.40. The first kappa shape index (κ1) is 16.3. The van der Waals surface area contributed by atoms with E-state index in [1.165, 1.54) is 0 Å². The van der Waals surface area contributed by atoms with E-state index in [9.17, 15) is 14.4 Å². The summed E-state index contributed by atoms with van der Waals surface area (Å²) < 4.78 is 5.58. The number of ether oxygens (including phenoxy) is 1. The molecule has 0 aromatic heterocycles. The maximum absolute atomic E-state index is 13.0. The van der Waals surface area contributed by atoms with E-state index in [1.807, 2.05) is 19.9 Å². The van der Waals surface area contributed by atoms with Crippen LogP contribution in [0.15, 0.2) is 24.3 Å². The van der Waals surface area contributed by atoms with Crippen molar-refractivity contribution in [1.29, 1.82) is 0 Å². The molecule has 1 aromatic rings. The van der Waals surface area contributed by atoms with Crippen molar-refractivity contribution in [3.8, 4) is 5.75 Å². The first-order valence-electron chi connectivity index (χ1n) is 8.13. The Labute approximate surface area is 140 Å². The number of nitrogens with one attached hydrogen (secondary N) is 2. The number of para-hydroxylation sites is 1. The predicted molar refractivity (Wildman–Crippen MR) is 86.4 cm³/mol. The number of nitrogens with zero attached hydrogens (tertiary/aromatic N) is 1. The number of urea groups is 1. The first-order valence-corrected chi connectivity index (χ1v) is 8.13. The van der Waals surface area contributed by atoms with Crippen molar-refractivity contribution in [3.63, 3.8) is 0 Å². The van der Waals surface area contributed by atoms with E-state index in [-0.39, 0.29) is 18.5 Å². The Hall–Kier alpha value is -2.57. The zero-order valence-corrected chi connectivity index (χ0v) is 13.8. The van der Waals surface area contributed by atoms with Gasteiger partial charge in [0.15, 0.2) is 5.54 Å². The Kier molecular flexibility index (Phi) is 4.17. The molecule has 24 heavy (non-hydrogen) atoms. The van der Waals surface area contributed by atoms with Crippen molar-refractivity contribution >= 4 is 17.8 Å². The minimum atomic E-state index is -1.14. The summed E-state index contributed by atoms with van der Waals surface area (Å²) in [6, 6.07) is 6.61. The van der Waals surface area contributed by atoms with Gasteiger partial charge in [0.2, 0.25) is 5.91 Å². The molecule has 128 valence electrons. The summed E-state index contributed by atoms with van der Waals surface area (Å²) >= 11 is 0. The van der Waals surface area contributed by atoms with Gasteiger partial charge in [-0.15, -0.1) is 0 Å². The van der Waals surface area contributed by atoms with Crippen LogP contribution in [0, 0.1) is 0 Å². The quantitative estimate of drug-likeness (QED) is 0.810. The van der Waals surface area contributed by atoms with E-state index in [1.54, 1.807) is 18.2 Å². The summed E-state index contributed by atoms with van der Waals surface area (Å²) in [5, 5.41) is 5.55. The van der Waals surface area contributed by atoms with Crippen LogP contribution in [0.3, 0.4) is 0 Å². The van der Waals surface area contributed by atoms with Crippen LogP contribution in [-0.4, -0.2) is 41.9 Å². The molecule has 1 aromatic carbocycles. The highest BCUT2D eigenvalue weighted by Gasteiger charge is 2.55. The van der Waals surface area contributed by atoms with Crippen LogP contribution in [0.1, 0.15) is 32.3 Å². The van der Waals surface area contributed by atoms with Crippen LogP contribution in [0.5, 0.6) is 5.75 Å². The second-order valence-electron chi connectivity index (χ2n) is 6.20. The largest absolute Gasteiger partial charge is 0.493 e. The summed E-state index contributed by atoms with van der Waals surface area (Å²) in [7, 11) is 0. The van der Waals surface area contributed by atoms with Gasteiger partial charge < -0.3 is 15.4 Å². The number of carbonyl (C=O) groups excluding carboxylic acids is 3. The van der Waals surface area contributed by atoms with Gasteiger partial charge in [-0.05, 0) is 19.4 Å². The van der Waals surface area contributed by atoms with E-state index in [2.05, 4.69) is 10.6 Å². The SMILES string of the molecule is CC[C@H](C)NC(=O)CN1C(=O)N[C@]2(CCOc3ccccc32)C1=O. The topological polar surface area (TPSA) is 87.7 Å². The summed E-state index contributed by atoms with van der Waals surface area (Å²) in [5.41, 5.74) is -0.498. The summed E-state index contributed by atoms with van der Waals surface area (Å²) in [6.07, 6.45) is 1.12. The van der Waals surface area contributed by atoms with Crippen LogP contribution in [0.2, 0.25) is 0 Å². The van der Waals surface area contributed by atoms with Gasteiger partial charge in [-0.3, -0.25) is 14.5 Å². The summed E-state index contributed by atoms with van der Waals surface area (Å²) in [5.74, 6) is -0.156. The van der Waals surface area contributed by atoms with E-state index < -0.39 is 17.5 Å². The van der Waals surface area contributed by atoms with Crippen molar-refractivity contribution in [2.24, 2.45) is 0 Å². The molecule has 2 heterocycles. The van der Waals surface area contributed by atoms with Crippen LogP contribution in [0.4, 0.5) is 4.79 Å². The number of hydrogen-bond donors (Lipinski definition) is 2. The van der Waals surface area contributed by atoms with Gasteiger partial charge in [0.1, 0.15) is 12.3 Å².